The van der Waals surface area contributed by atoms with E-state index in [0.717, 1.165) is 39.0 Å². The van der Waals surface area contributed by atoms with Gasteiger partial charge in [-0.15, -0.1) is 0 Å². The predicted octanol–water partition coefficient (Wildman–Crippen LogP) is -3.45. The van der Waals surface area contributed by atoms with Gasteiger partial charge < -0.3 is 65.6 Å². The van der Waals surface area contributed by atoms with E-state index in [1.165, 1.54) is 38.5 Å². The van der Waals surface area contributed by atoms with Gasteiger partial charge in [0.1, 0.15) is 0 Å². The molecule has 9 heteroatoms. The maximum atomic E-state index is 4.78. The molecule has 0 saturated carbocycles. The van der Waals surface area contributed by atoms with Crippen molar-refractivity contribution in [2.45, 2.75) is 51.4 Å². The van der Waals surface area contributed by atoms with Gasteiger partial charge in [0.2, 0.25) is 0 Å². The average molecular weight is 412 g/mol. The molecule has 124 valence electrons. The SMILES string of the molecule is S=C([S-])NCCCCCCNCCCCCCNC(=S)[S-].[Na+].[Na+]. The Labute approximate surface area is 208 Å². The van der Waals surface area contributed by atoms with E-state index < -0.39 is 0 Å². The summed E-state index contributed by atoms with van der Waals surface area (Å²) in [6.45, 7) is 4.08. The Morgan fingerprint density at radius 3 is 1.17 bits per heavy atom. The molecule has 0 fully saturated rings. The Balaban J connectivity index is -0.00000200. The minimum atomic E-state index is 0. The zero-order valence-electron chi connectivity index (χ0n) is 14.6. The van der Waals surface area contributed by atoms with Crippen LogP contribution in [0.4, 0.5) is 0 Å². The van der Waals surface area contributed by atoms with Gasteiger partial charge in [0.25, 0.3) is 0 Å². The molecule has 0 spiro atoms. The molecule has 0 saturated heterocycles. The van der Waals surface area contributed by atoms with Crippen LogP contribution in [-0.4, -0.2) is 34.8 Å². The van der Waals surface area contributed by atoms with Gasteiger partial charge in [-0.1, -0.05) is 34.3 Å². The first-order chi connectivity index (χ1) is 10.1. The van der Waals surface area contributed by atoms with Gasteiger partial charge in [-0.2, -0.15) is 0 Å². The molecule has 0 aromatic carbocycles. The van der Waals surface area contributed by atoms with Crippen LogP contribution in [0.1, 0.15) is 51.4 Å². The van der Waals surface area contributed by atoms with Crippen LogP contribution in [0.2, 0.25) is 0 Å². The standard InChI is InChI=1S/C14H29N3S4.2Na/c18-13(19)16-11-7-3-1-5-9-15-10-6-2-4-8-12-17-14(20)21;;/h15H,1-12H2,(H2,16,18,19)(H2,17,20,21);;/q;2*+1/p-2. The second-order valence-corrected chi connectivity index (χ2v) is 7.16. The van der Waals surface area contributed by atoms with E-state index in [0.29, 0.717) is 8.64 Å². The van der Waals surface area contributed by atoms with Crippen molar-refractivity contribution in [1.29, 1.82) is 0 Å². The molecule has 3 nitrogen and oxygen atoms in total. The van der Waals surface area contributed by atoms with Gasteiger partial charge in [-0.25, -0.2) is 0 Å². The fourth-order valence-corrected chi connectivity index (χ4v) is 2.37. The third-order valence-corrected chi connectivity index (χ3v) is 3.68. The fourth-order valence-electron chi connectivity index (χ4n) is 1.96. The van der Waals surface area contributed by atoms with Crippen LogP contribution < -0.4 is 75.1 Å². The predicted molar refractivity (Wildman–Crippen MR) is 106 cm³/mol. The van der Waals surface area contributed by atoms with Gasteiger partial charge in [0, 0.05) is 13.1 Å². The van der Waals surface area contributed by atoms with E-state index >= 15 is 0 Å². The van der Waals surface area contributed by atoms with Gasteiger partial charge in [-0.05, 0) is 38.8 Å². The molecule has 23 heavy (non-hydrogen) atoms. The van der Waals surface area contributed by atoms with Crippen molar-refractivity contribution in [3.05, 3.63) is 0 Å². The van der Waals surface area contributed by atoms with E-state index in [1.54, 1.807) is 0 Å². The van der Waals surface area contributed by atoms with Crippen LogP contribution in [0.15, 0.2) is 0 Å². The molecular weight excluding hydrogens is 384 g/mol. The van der Waals surface area contributed by atoms with Crippen LogP contribution in [0.5, 0.6) is 0 Å². The van der Waals surface area contributed by atoms with E-state index in [2.05, 4.69) is 16.0 Å². The summed E-state index contributed by atoms with van der Waals surface area (Å²) >= 11 is 19.1. The minimum Gasteiger partial charge on any atom is -0.412 e. The van der Waals surface area contributed by atoms with Gasteiger partial charge in [0.15, 0.2) is 0 Å². The average Bonchev–Trinajstić information content (AvgIpc) is 2.42. The summed E-state index contributed by atoms with van der Waals surface area (Å²) in [5.74, 6) is 0. The quantitative estimate of drug-likeness (QED) is 0.119. The molecule has 0 radical (unpaired) electrons. The number of thiocarbonyl (C=S) groups is 2. The number of hydrogen-bond acceptors (Lipinski definition) is 5. The first-order valence-corrected chi connectivity index (χ1v) is 9.36. The summed E-state index contributed by atoms with van der Waals surface area (Å²) in [6.07, 6.45) is 9.82. The van der Waals surface area contributed by atoms with Gasteiger partial charge in [-0.3, -0.25) is 0 Å². The number of rotatable bonds is 14. The zero-order valence-corrected chi connectivity index (χ0v) is 21.9. The van der Waals surface area contributed by atoms with Crippen LogP contribution in [0.3, 0.4) is 0 Å². The molecule has 0 atom stereocenters. The molecule has 0 aromatic heterocycles. The molecule has 0 unspecified atom stereocenters. The third kappa shape index (κ3) is 29.2. The van der Waals surface area contributed by atoms with Gasteiger partial charge >= 0.3 is 59.1 Å². The van der Waals surface area contributed by atoms with E-state index in [-0.39, 0.29) is 59.1 Å². The van der Waals surface area contributed by atoms with Crippen LogP contribution in [0, 0.1) is 0 Å². The summed E-state index contributed by atoms with van der Waals surface area (Å²) < 4.78 is 0.971. The summed E-state index contributed by atoms with van der Waals surface area (Å²) in [6, 6.07) is 0. The van der Waals surface area contributed by atoms with E-state index in [1.807, 2.05) is 0 Å². The summed E-state index contributed by atoms with van der Waals surface area (Å²) in [5.41, 5.74) is 0. The van der Waals surface area contributed by atoms with Crippen molar-refractivity contribution < 1.29 is 59.1 Å². The number of unbranched alkanes of at least 4 members (excludes halogenated alkanes) is 6. The van der Waals surface area contributed by atoms with E-state index in [9.17, 15) is 0 Å². The Morgan fingerprint density at radius 2 is 0.870 bits per heavy atom. The topological polar surface area (TPSA) is 36.1 Å². The largest absolute Gasteiger partial charge is 1.00 e. The van der Waals surface area contributed by atoms with Crippen LogP contribution >= 0.6 is 24.4 Å². The zero-order chi connectivity index (χ0) is 15.8. The van der Waals surface area contributed by atoms with Crippen molar-refractivity contribution >= 4 is 58.3 Å². The molecular formula is C14H27N3Na2S4. The second kappa shape index (κ2) is 24.2. The molecule has 0 aliphatic heterocycles. The maximum absolute atomic E-state index is 4.78. The monoisotopic (exact) mass is 411 g/mol. The molecule has 3 N–H and O–H groups in total. The summed E-state index contributed by atoms with van der Waals surface area (Å²) in [4.78, 5) is 0. The van der Waals surface area contributed by atoms with Crippen molar-refractivity contribution in [2.24, 2.45) is 0 Å². The second-order valence-electron chi connectivity index (χ2n) is 5.01. The maximum Gasteiger partial charge on any atom is 1.00 e. The number of hydrogen-bond donors (Lipinski definition) is 3. The van der Waals surface area contributed by atoms with E-state index in [4.69, 9.17) is 49.7 Å². The molecule has 0 rings (SSSR count). The first-order valence-electron chi connectivity index (χ1n) is 7.73. The Bertz CT molecular complexity index is 259. The Morgan fingerprint density at radius 1 is 0.565 bits per heavy atom. The summed E-state index contributed by atoms with van der Waals surface area (Å²) in [7, 11) is 0. The van der Waals surface area contributed by atoms with Crippen molar-refractivity contribution in [2.75, 3.05) is 26.2 Å². The first kappa shape index (κ1) is 29.9. The van der Waals surface area contributed by atoms with Crippen molar-refractivity contribution in [3.63, 3.8) is 0 Å². The smallest absolute Gasteiger partial charge is 0.412 e. The van der Waals surface area contributed by atoms with Crippen molar-refractivity contribution in [3.8, 4) is 0 Å². The van der Waals surface area contributed by atoms with Crippen LogP contribution in [-0.2, 0) is 25.3 Å². The molecule has 0 heterocycles. The molecule has 0 amide bonds. The Hall–Kier alpha value is 2.18. The molecule has 0 aromatic rings. The summed E-state index contributed by atoms with van der Waals surface area (Å²) in [5, 5.41) is 9.51. The third-order valence-electron chi connectivity index (χ3n) is 3.10. The van der Waals surface area contributed by atoms with Crippen molar-refractivity contribution in [1.82, 2.24) is 16.0 Å². The molecule has 0 bridgehead atoms. The minimum absolute atomic E-state index is 0. The molecule has 0 aliphatic rings. The Kier molecular flexibility index (Phi) is 31.5. The molecule has 0 aliphatic carbocycles. The van der Waals surface area contributed by atoms with Crippen LogP contribution in [0.25, 0.3) is 0 Å². The number of nitrogens with one attached hydrogen (secondary N) is 3. The normalized spacial score (nSPS) is 9.39. The van der Waals surface area contributed by atoms with Gasteiger partial charge in [0.05, 0.1) is 0 Å². The fraction of sp³-hybridized carbons (Fsp3) is 0.857.